The first-order chi connectivity index (χ1) is 10.2. The second kappa shape index (κ2) is 7.77. The smallest absolute Gasteiger partial charge is 0.0458 e. The van der Waals surface area contributed by atoms with Crippen molar-refractivity contribution < 1.29 is 0 Å². The van der Waals surface area contributed by atoms with Crippen molar-refractivity contribution in [3.8, 4) is 0 Å². The van der Waals surface area contributed by atoms with Gasteiger partial charge in [0.15, 0.2) is 0 Å². The minimum absolute atomic E-state index is 0.446. The molecule has 0 saturated heterocycles. The Morgan fingerprint density at radius 1 is 1.10 bits per heavy atom. The van der Waals surface area contributed by atoms with E-state index in [1.165, 1.54) is 33.6 Å². The van der Waals surface area contributed by atoms with Gasteiger partial charge < -0.3 is 5.32 Å². The van der Waals surface area contributed by atoms with Crippen LogP contribution in [0.3, 0.4) is 0 Å². The predicted molar refractivity (Wildman–Crippen MR) is 94.4 cm³/mol. The normalized spacial score (nSPS) is 12.6. The number of thiophene rings is 1. The Bertz CT molecular complexity index is 571. The number of nitrogens with one attached hydrogen (secondary N) is 1. The molecule has 0 amide bonds. The molecule has 0 aliphatic rings. The van der Waals surface area contributed by atoms with Crippen molar-refractivity contribution in [1.82, 2.24) is 5.32 Å². The Morgan fingerprint density at radius 2 is 1.90 bits per heavy atom. The zero-order chi connectivity index (χ0) is 15.2. The summed E-state index contributed by atoms with van der Waals surface area (Å²) in [6.07, 6.45) is 3.38. The van der Waals surface area contributed by atoms with Gasteiger partial charge in [0.1, 0.15) is 0 Å². The molecule has 1 aromatic carbocycles. The second-order valence-electron chi connectivity index (χ2n) is 5.79. The van der Waals surface area contributed by atoms with E-state index in [9.17, 15) is 0 Å². The zero-order valence-electron chi connectivity index (χ0n) is 13.7. The molecule has 1 N–H and O–H groups in total. The van der Waals surface area contributed by atoms with Crippen LogP contribution in [0.25, 0.3) is 0 Å². The first kappa shape index (κ1) is 16.3. The Balaban J connectivity index is 2.21. The summed E-state index contributed by atoms with van der Waals surface area (Å²) in [7, 11) is 0. The van der Waals surface area contributed by atoms with E-state index >= 15 is 0 Å². The van der Waals surface area contributed by atoms with E-state index < -0.39 is 0 Å². The Labute approximate surface area is 133 Å². The second-order valence-corrected chi connectivity index (χ2v) is 6.74. The van der Waals surface area contributed by atoms with Gasteiger partial charge in [0.25, 0.3) is 0 Å². The van der Waals surface area contributed by atoms with Crippen LogP contribution in [0.1, 0.15) is 53.4 Å². The highest BCUT2D eigenvalue weighted by molar-refractivity contribution is 7.10. The van der Waals surface area contributed by atoms with Crippen molar-refractivity contribution in [2.24, 2.45) is 0 Å². The van der Waals surface area contributed by atoms with Gasteiger partial charge in [-0.05, 0) is 73.4 Å². The minimum atomic E-state index is 0.446. The molecule has 0 aliphatic heterocycles. The molecule has 2 aromatic rings. The summed E-state index contributed by atoms with van der Waals surface area (Å²) in [5, 5.41) is 5.97. The van der Waals surface area contributed by atoms with Gasteiger partial charge in [-0.15, -0.1) is 11.3 Å². The van der Waals surface area contributed by atoms with E-state index in [1.54, 1.807) is 0 Å². The standard InChI is InChI=1S/C19H27NS/c1-5-10-20-18(19-17(6-2)9-11-21-19)13-16-8-7-14(3)15(4)12-16/h7-9,11-12,18,20H,5-6,10,13H2,1-4H3. The van der Waals surface area contributed by atoms with Crippen molar-refractivity contribution in [2.75, 3.05) is 6.54 Å². The monoisotopic (exact) mass is 301 g/mol. The molecule has 1 aromatic heterocycles. The lowest BCUT2D eigenvalue weighted by atomic mass is 9.98. The number of hydrogen-bond acceptors (Lipinski definition) is 2. The number of rotatable bonds is 7. The summed E-state index contributed by atoms with van der Waals surface area (Å²) in [5.74, 6) is 0. The fraction of sp³-hybridized carbons (Fsp3) is 0.474. The molecule has 0 radical (unpaired) electrons. The minimum Gasteiger partial charge on any atom is -0.309 e. The third-order valence-corrected chi connectivity index (χ3v) is 5.20. The van der Waals surface area contributed by atoms with E-state index in [0.29, 0.717) is 6.04 Å². The van der Waals surface area contributed by atoms with E-state index in [2.05, 4.69) is 62.7 Å². The molecule has 0 bridgehead atoms. The molecular formula is C19H27NS. The Hall–Kier alpha value is -1.12. The molecule has 1 atom stereocenters. The van der Waals surface area contributed by atoms with Crippen LogP contribution in [0.4, 0.5) is 0 Å². The van der Waals surface area contributed by atoms with Crippen LogP contribution >= 0.6 is 11.3 Å². The lowest BCUT2D eigenvalue weighted by Gasteiger charge is -2.19. The zero-order valence-corrected chi connectivity index (χ0v) is 14.5. The van der Waals surface area contributed by atoms with Crippen LogP contribution in [0.5, 0.6) is 0 Å². The van der Waals surface area contributed by atoms with Crippen LogP contribution in [-0.2, 0) is 12.8 Å². The molecule has 0 fully saturated rings. The van der Waals surface area contributed by atoms with Crippen LogP contribution < -0.4 is 5.32 Å². The third kappa shape index (κ3) is 4.18. The largest absolute Gasteiger partial charge is 0.309 e. The predicted octanol–water partition coefficient (Wildman–Crippen LogP) is 5.21. The van der Waals surface area contributed by atoms with Crippen LogP contribution in [-0.4, -0.2) is 6.54 Å². The highest BCUT2D eigenvalue weighted by Gasteiger charge is 2.16. The molecule has 114 valence electrons. The van der Waals surface area contributed by atoms with Crippen molar-refractivity contribution in [1.29, 1.82) is 0 Å². The highest BCUT2D eigenvalue weighted by Crippen LogP contribution is 2.28. The quantitative estimate of drug-likeness (QED) is 0.740. The van der Waals surface area contributed by atoms with Gasteiger partial charge in [-0.2, -0.15) is 0 Å². The van der Waals surface area contributed by atoms with Crippen molar-refractivity contribution in [3.05, 3.63) is 56.8 Å². The van der Waals surface area contributed by atoms with Crippen LogP contribution in [0.15, 0.2) is 29.6 Å². The SMILES string of the molecule is CCCNC(Cc1ccc(C)c(C)c1)c1sccc1CC. The molecule has 0 aliphatic carbocycles. The fourth-order valence-electron chi connectivity index (χ4n) is 2.69. The molecule has 2 heteroatoms. The Morgan fingerprint density at radius 3 is 2.57 bits per heavy atom. The third-order valence-electron chi connectivity index (χ3n) is 4.13. The van der Waals surface area contributed by atoms with Crippen LogP contribution in [0, 0.1) is 13.8 Å². The van der Waals surface area contributed by atoms with Gasteiger partial charge in [-0.1, -0.05) is 32.0 Å². The molecule has 0 saturated carbocycles. The molecule has 1 nitrogen and oxygen atoms in total. The van der Waals surface area contributed by atoms with Gasteiger partial charge in [0, 0.05) is 10.9 Å². The first-order valence-corrected chi connectivity index (χ1v) is 8.89. The lowest BCUT2D eigenvalue weighted by molar-refractivity contribution is 0.533. The molecule has 2 rings (SSSR count). The van der Waals surface area contributed by atoms with Crippen LogP contribution in [0.2, 0.25) is 0 Å². The summed E-state index contributed by atoms with van der Waals surface area (Å²) in [6.45, 7) is 9.95. The average Bonchev–Trinajstić information content (AvgIpc) is 2.95. The fourth-order valence-corrected chi connectivity index (χ4v) is 3.76. The number of hydrogen-bond donors (Lipinski definition) is 1. The summed E-state index contributed by atoms with van der Waals surface area (Å²) in [5.41, 5.74) is 5.70. The van der Waals surface area contributed by atoms with E-state index in [0.717, 1.165) is 19.4 Å². The lowest BCUT2D eigenvalue weighted by Crippen LogP contribution is -2.24. The van der Waals surface area contributed by atoms with Gasteiger partial charge in [-0.3, -0.25) is 0 Å². The molecule has 21 heavy (non-hydrogen) atoms. The van der Waals surface area contributed by atoms with Crippen molar-refractivity contribution in [2.45, 2.75) is 53.0 Å². The summed E-state index contributed by atoms with van der Waals surface area (Å²) < 4.78 is 0. The molecule has 0 spiro atoms. The van der Waals surface area contributed by atoms with Gasteiger partial charge >= 0.3 is 0 Å². The Kier molecular flexibility index (Phi) is 6.01. The molecule has 1 unspecified atom stereocenters. The van der Waals surface area contributed by atoms with E-state index in [-0.39, 0.29) is 0 Å². The molecular weight excluding hydrogens is 274 g/mol. The average molecular weight is 301 g/mol. The number of aryl methyl sites for hydroxylation is 3. The van der Waals surface area contributed by atoms with Gasteiger partial charge in [0.2, 0.25) is 0 Å². The van der Waals surface area contributed by atoms with E-state index in [4.69, 9.17) is 0 Å². The first-order valence-electron chi connectivity index (χ1n) is 8.01. The maximum absolute atomic E-state index is 3.74. The van der Waals surface area contributed by atoms with Gasteiger partial charge in [-0.25, -0.2) is 0 Å². The van der Waals surface area contributed by atoms with Crippen molar-refractivity contribution >= 4 is 11.3 Å². The van der Waals surface area contributed by atoms with Gasteiger partial charge in [0.05, 0.1) is 0 Å². The summed E-state index contributed by atoms with van der Waals surface area (Å²) in [6, 6.07) is 9.59. The van der Waals surface area contributed by atoms with Crippen molar-refractivity contribution in [3.63, 3.8) is 0 Å². The highest BCUT2D eigenvalue weighted by atomic mass is 32.1. The number of benzene rings is 1. The maximum atomic E-state index is 3.74. The molecule has 1 heterocycles. The topological polar surface area (TPSA) is 12.0 Å². The van der Waals surface area contributed by atoms with E-state index in [1.807, 2.05) is 11.3 Å². The summed E-state index contributed by atoms with van der Waals surface area (Å²) >= 11 is 1.90. The maximum Gasteiger partial charge on any atom is 0.0458 e. The summed E-state index contributed by atoms with van der Waals surface area (Å²) in [4.78, 5) is 1.52.